The van der Waals surface area contributed by atoms with Crippen LogP contribution in [0.4, 0.5) is 0 Å². The number of rotatable bonds is 2. The van der Waals surface area contributed by atoms with Crippen LogP contribution in [0.1, 0.15) is 13.3 Å². The van der Waals surface area contributed by atoms with Gasteiger partial charge in [-0.3, -0.25) is 0 Å². The zero-order valence-electron chi connectivity index (χ0n) is 5.63. The number of nitrogens with two attached hydrogens (primary N) is 1. The molecule has 0 saturated heterocycles. The molecule has 0 aromatic carbocycles. The van der Waals surface area contributed by atoms with Crippen molar-refractivity contribution in [2.75, 3.05) is 6.54 Å². The molecule has 0 amide bonds. The summed E-state index contributed by atoms with van der Waals surface area (Å²) in [5.41, 5.74) is 5.03. The molecule has 3 N–H and O–H groups in total. The van der Waals surface area contributed by atoms with Gasteiger partial charge >= 0.3 is 5.97 Å². The second kappa shape index (κ2) is 10.2. The molecule has 0 radical (unpaired) electrons. The lowest BCUT2D eigenvalue weighted by molar-refractivity contribution is -0.131. The summed E-state index contributed by atoms with van der Waals surface area (Å²) >= 11 is 0. The molecule has 0 saturated carbocycles. The molecule has 3 nitrogen and oxygen atoms in total. The van der Waals surface area contributed by atoms with Gasteiger partial charge in [-0.1, -0.05) is 13.5 Å². The third-order valence-electron chi connectivity index (χ3n) is 0.463. The minimum Gasteiger partial charge on any atom is -0.478 e. The second-order valence-electron chi connectivity index (χ2n) is 1.33. The molecule has 0 heterocycles. The SMILES string of the molecule is C=CC(=O)O.CCCN. The standard InChI is InChI=1S/C3H9N.C3H4O2/c1-2-3-4;1-2-3(4)5/h2-4H2,1H3;2H,1H2,(H,4,5). The molecule has 0 rings (SSSR count). The van der Waals surface area contributed by atoms with Gasteiger partial charge in [-0.2, -0.15) is 0 Å². The number of carbonyl (C=O) groups is 1. The molecule has 0 unspecified atom stereocenters. The first-order valence-electron chi connectivity index (χ1n) is 2.74. The second-order valence-corrected chi connectivity index (χ2v) is 1.33. The lowest BCUT2D eigenvalue weighted by Gasteiger charge is -1.70. The van der Waals surface area contributed by atoms with Crippen molar-refractivity contribution < 1.29 is 9.90 Å². The van der Waals surface area contributed by atoms with Crippen molar-refractivity contribution in [1.82, 2.24) is 0 Å². The predicted molar refractivity (Wildman–Crippen MR) is 37.2 cm³/mol. The molecule has 0 bridgehead atoms. The topological polar surface area (TPSA) is 63.3 Å². The molecular formula is C6H13NO2. The summed E-state index contributed by atoms with van der Waals surface area (Å²) in [6.07, 6.45) is 1.93. The van der Waals surface area contributed by atoms with Gasteiger partial charge in [0.05, 0.1) is 0 Å². The van der Waals surface area contributed by atoms with Crippen LogP contribution in [-0.4, -0.2) is 17.6 Å². The van der Waals surface area contributed by atoms with Gasteiger partial charge in [0.1, 0.15) is 0 Å². The molecule has 0 aliphatic heterocycles. The van der Waals surface area contributed by atoms with Crippen molar-refractivity contribution in [3.05, 3.63) is 12.7 Å². The number of hydrogen-bond donors (Lipinski definition) is 2. The zero-order chi connectivity index (χ0) is 7.70. The minimum absolute atomic E-state index is 0.819. The number of carboxylic acid groups (broad SMARTS) is 1. The van der Waals surface area contributed by atoms with Crippen LogP contribution in [0.2, 0.25) is 0 Å². The third-order valence-corrected chi connectivity index (χ3v) is 0.463. The highest BCUT2D eigenvalue weighted by molar-refractivity contribution is 5.78. The van der Waals surface area contributed by atoms with E-state index in [-0.39, 0.29) is 0 Å². The maximum atomic E-state index is 9.25. The maximum absolute atomic E-state index is 9.25. The summed E-state index contributed by atoms with van der Waals surface area (Å²) in [6, 6.07) is 0. The monoisotopic (exact) mass is 131 g/mol. The summed E-state index contributed by atoms with van der Waals surface area (Å²) in [5, 5.41) is 7.60. The van der Waals surface area contributed by atoms with Crippen LogP contribution in [0, 0.1) is 0 Å². The molecule has 3 heteroatoms. The molecule has 0 fully saturated rings. The lowest BCUT2D eigenvalue weighted by atomic mass is 10.5. The summed E-state index contributed by atoms with van der Waals surface area (Å²) in [6.45, 7) is 5.84. The molecule has 0 aromatic rings. The van der Waals surface area contributed by atoms with Gasteiger partial charge < -0.3 is 10.8 Å². The van der Waals surface area contributed by atoms with E-state index in [1.54, 1.807) is 0 Å². The first kappa shape index (κ1) is 11.0. The van der Waals surface area contributed by atoms with Crippen LogP contribution in [0.25, 0.3) is 0 Å². The molecule has 0 atom stereocenters. The van der Waals surface area contributed by atoms with Crippen LogP contribution in [0.5, 0.6) is 0 Å². The van der Waals surface area contributed by atoms with E-state index in [1.807, 2.05) is 0 Å². The van der Waals surface area contributed by atoms with Crippen LogP contribution in [0.3, 0.4) is 0 Å². The highest BCUT2D eigenvalue weighted by Gasteiger charge is 1.73. The average molecular weight is 131 g/mol. The van der Waals surface area contributed by atoms with Crippen LogP contribution in [-0.2, 0) is 4.79 Å². The zero-order valence-corrected chi connectivity index (χ0v) is 5.63. The lowest BCUT2D eigenvalue weighted by Crippen LogP contribution is -1.93. The third kappa shape index (κ3) is 40.7. The van der Waals surface area contributed by atoms with Crippen molar-refractivity contribution in [3.8, 4) is 0 Å². The summed E-state index contributed by atoms with van der Waals surface area (Å²) in [4.78, 5) is 9.25. The number of carboxylic acids is 1. The van der Waals surface area contributed by atoms with Crippen LogP contribution < -0.4 is 5.73 Å². The van der Waals surface area contributed by atoms with Crippen molar-refractivity contribution >= 4 is 5.97 Å². The summed E-state index contributed by atoms with van der Waals surface area (Å²) in [5.74, 6) is -0.981. The largest absolute Gasteiger partial charge is 0.478 e. The van der Waals surface area contributed by atoms with Gasteiger partial charge in [-0.05, 0) is 13.0 Å². The average Bonchev–Trinajstić information content (AvgIpc) is 1.89. The van der Waals surface area contributed by atoms with E-state index in [0.717, 1.165) is 19.0 Å². The molecule has 0 aromatic heterocycles. The number of hydrogen-bond acceptors (Lipinski definition) is 2. The van der Waals surface area contributed by atoms with E-state index in [2.05, 4.69) is 13.5 Å². The minimum atomic E-state index is -0.981. The molecule has 0 aliphatic carbocycles. The molecule has 0 aliphatic rings. The summed E-state index contributed by atoms with van der Waals surface area (Å²) in [7, 11) is 0. The molecule has 0 spiro atoms. The van der Waals surface area contributed by atoms with Crippen LogP contribution >= 0.6 is 0 Å². The normalized spacial score (nSPS) is 6.89. The van der Waals surface area contributed by atoms with Gasteiger partial charge in [0.25, 0.3) is 0 Å². The fourth-order valence-corrected chi connectivity index (χ4v) is 0. The quantitative estimate of drug-likeness (QED) is 0.540. The van der Waals surface area contributed by atoms with Gasteiger partial charge in [-0.15, -0.1) is 0 Å². The van der Waals surface area contributed by atoms with E-state index in [9.17, 15) is 4.79 Å². The van der Waals surface area contributed by atoms with Gasteiger partial charge in [0.15, 0.2) is 0 Å². The molecule has 54 valence electrons. The van der Waals surface area contributed by atoms with Gasteiger partial charge in [0.2, 0.25) is 0 Å². The fourth-order valence-electron chi connectivity index (χ4n) is 0. The van der Waals surface area contributed by atoms with E-state index < -0.39 is 5.97 Å². The van der Waals surface area contributed by atoms with Gasteiger partial charge in [0, 0.05) is 6.08 Å². The van der Waals surface area contributed by atoms with Crippen LogP contribution in [0.15, 0.2) is 12.7 Å². The fraction of sp³-hybridized carbons (Fsp3) is 0.500. The van der Waals surface area contributed by atoms with E-state index in [1.165, 1.54) is 0 Å². The van der Waals surface area contributed by atoms with Crippen molar-refractivity contribution in [3.63, 3.8) is 0 Å². The Morgan fingerprint density at radius 1 is 1.89 bits per heavy atom. The molecular weight excluding hydrogens is 118 g/mol. The molecule has 9 heavy (non-hydrogen) atoms. The first-order valence-corrected chi connectivity index (χ1v) is 2.74. The Balaban J connectivity index is 0. The maximum Gasteiger partial charge on any atom is 0.327 e. The highest BCUT2D eigenvalue weighted by Crippen LogP contribution is 1.57. The Morgan fingerprint density at radius 2 is 2.11 bits per heavy atom. The Bertz CT molecular complexity index is 79.1. The van der Waals surface area contributed by atoms with Crippen molar-refractivity contribution in [2.45, 2.75) is 13.3 Å². The predicted octanol–water partition coefficient (Wildman–Crippen LogP) is 0.612. The Labute approximate surface area is 55.2 Å². The van der Waals surface area contributed by atoms with E-state index in [0.29, 0.717) is 0 Å². The van der Waals surface area contributed by atoms with Gasteiger partial charge in [-0.25, -0.2) is 4.79 Å². The Morgan fingerprint density at radius 3 is 2.11 bits per heavy atom. The first-order chi connectivity index (χ1) is 4.18. The van der Waals surface area contributed by atoms with Crippen molar-refractivity contribution in [2.24, 2.45) is 5.73 Å². The van der Waals surface area contributed by atoms with E-state index >= 15 is 0 Å². The Kier molecular flexibility index (Phi) is 12.5. The summed E-state index contributed by atoms with van der Waals surface area (Å²) < 4.78 is 0. The smallest absolute Gasteiger partial charge is 0.327 e. The Hall–Kier alpha value is -0.830. The highest BCUT2D eigenvalue weighted by atomic mass is 16.4. The van der Waals surface area contributed by atoms with E-state index in [4.69, 9.17) is 10.8 Å². The number of aliphatic carboxylic acids is 1. The van der Waals surface area contributed by atoms with Crippen molar-refractivity contribution in [1.29, 1.82) is 0 Å².